The number of hydrogen-bond donors (Lipinski definition) is 4. The van der Waals surface area contributed by atoms with Gasteiger partial charge in [-0.15, -0.1) is 0 Å². The van der Waals surface area contributed by atoms with Crippen molar-refractivity contribution in [3.05, 3.63) is 34.9 Å². The summed E-state index contributed by atoms with van der Waals surface area (Å²) in [5.74, 6) is -0.858. The first-order valence-electron chi connectivity index (χ1n) is 11.8. The molecule has 3 N–H and O–H groups in total. The van der Waals surface area contributed by atoms with E-state index < -0.39 is 29.7 Å². The Hall–Kier alpha value is -2.26. The fraction of sp³-hybridized carbons (Fsp3) is 0.640. The summed E-state index contributed by atoms with van der Waals surface area (Å²) in [7, 11) is 0. The third kappa shape index (κ3) is 9.54. The highest BCUT2D eigenvalue weighted by molar-refractivity contribution is 7.80. The van der Waals surface area contributed by atoms with Crippen LogP contribution in [0.15, 0.2) is 18.2 Å². The normalized spacial score (nSPS) is 13.1. The summed E-state index contributed by atoms with van der Waals surface area (Å²) >= 11 is 4.25. The number of carbonyl (C=O) groups is 3. The number of thiol groups is 1. The smallest absolute Gasteiger partial charge is 0.408 e. The monoisotopic (exact) mass is 495 g/mol. The number of ether oxygens (including phenoxy) is 1. The van der Waals surface area contributed by atoms with Crippen molar-refractivity contribution < 1.29 is 24.2 Å². The Morgan fingerprint density at radius 1 is 1.18 bits per heavy atom. The van der Waals surface area contributed by atoms with Crippen LogP contribution in [0.25, 0.3) is 0 Å². The van der Waals surface area contributed by atoms with Crippen LogP contribution in [-0.4, -0.2) is 65.0 Å². The van der Waals surface area contributed by atoms with Gasteiger partial charge in [-0.25, -0.2) is 4.79 Å². The molecule has 9 heteroatoms. The van der Waals surface area contributed by atoms with Gasteiger partial charge in [0.05, 0.1) is 6.61 Å². The van der Waals surface area contributed by atoms with Crippen LogP contribution < -0.4 is 10.6 Å². The lowest BCUT2D eigenvalue weighted by Crippen LogP contribution is -2.54. The number of hydrogen-bond acceptors (Lipinski definition) is 6. The molecule has 0 bridgehead atoms. The van der Waals surface area contributed by atoms with Gasteiger partial charge >= 0.3 is 6.09 Å². The van der Waals surface area contributed by atoms with Crippen LogP contribution in [0.1, 0.15) is 69.7 Å². The van der Waals surface area contributed by atoms with E-state index in [1.807, 2.05) is 32.0 Å². The highest BCUT2D eigenvalue weighted by Crippen LogP contribution is 2.26. The molecule has 0 radical (unpaired) electrons. The Bertz CT molecular complexity index is 825. The Morgan fingerprint density at radius 2 is 1.85 bits per heavy atom. The SMILES string of the molecule is CCCCCNC(=O)C(c1cc(C)ccc1C)N(CCO)C(=O)C(CS)NC(=O)OC(C)(C)C. The van der Waals surface area contributed by atoms with E-state index in [0.29, 0.717) is 12.1 Å². The average Bonchev–Trinajstić information content (AvgIpc) is 2.75. The van der Waals surface area contributed by atoms with Crippen LogP contribution in [0, 0.1) is 13.8 Å². The molecule has 1 rings (SSSR count). The number of alkyl carbamates (subject to hydrolysis) is 1. The number of nitrogens with zero attached hydrogens (tertiary/aromatic N) is 1. The van der Waals surface area contributed by atoms with Crippen molar-refractivity contribution in [3.8, 4) is 0 Å². The van der Waals surface area contributed by atoms with Crippen molar-refractivity contribution in [3.63, 3.8) is 0 Å². The summed E-state index contributed by atoms with van der Waals surface area (Å²) in [6.45, 7) is 11.1. The molecule has 0 aliphatic heterocycles. The van der Waals surface area contributed by atoms with Gasteiger partial charge in [-0.1, -0.05) is 43.5 Å². The predicted octanol–water partition coefficient (Wildman–Crippen LogP) is 3.29. The van der Waals surface area contributed by atoms with E-state index in [9.17, 15) is 19.5 Å². The lowest BCUT2D eigenvalue weighted by Gasteiger charge is -2.34. The molecule has 0 aliphatic carbocycles. The van der Waals surface area contributed by atoms with E-state index in [1.165, 1.54) is 4.90 Å². The molecule has 0 saturated heterocycles. The van der Waals surface area contributed by atoms with E-state index in [0.717, 1.165) is 30.4 Å². The van der Waals surface area contributed by atoms with Crippen LogP contribution in [0.4, 0.5) is 4.79 Å². The number of aliphatic hydroxyl groups excluding tert-OH is 1. The van der Waals surface area contributed by atoms with Gasteiger partial charge in [0.25, 0.3) is 0 Å². The van der Waals surface area contributed by atoms with Crippen molar-refractivity contribution in [2.24, 2.45) is 0 Å². The zero-order valence-corrected chi connectivity index (χ0v) is 22.2. The molecular formula is C25H41N3O5S. The molecule has 1 aromatic carbocycles. The van der Waals surface area contributed by atoms with E-state index in [1.54, 1.807) is 20.8 Å². The minimum atomic E-state index is -1.04. The number of nitrogens with one attached hydrogen (secondary N) is 2. The zero-order valence-electron chi connectivity index (χ0n) is 21.3. The van der Waals surface area contributed by atoms with Gasteiger partial charge in [-0.05, 0) is 52.2 Å². The summed E-state index contributed by atoms with van der Waals surface area (Å²) in [6, 6.07) is 3.71. The third-order valence-corrected chi connectivity index (χ3v) is 5.53. The lowest BCUT2D eigenvalue weighted by molar-refractivity contribution is -0.142. The number of benzene rings is 1. The van der Waals surface area contributed by atoms with Gasteiger partial charge in [-0.2, -0.15) is 12.6 Å². The molecule has 2 atom stereocenters. The molecule has 0 heterocycles. The molecular weight excluding hydrogens is 454 g/mol. The van der Waals surface area contributed by atoms with Gasteiger partial charge in [0, 0.05) is 18.8 Å². The Balaban J connectivity index is 3.33. The van der Waals surface area contributed by atoms with E-state index in [2.05, 4.69) is 30.2 Å². The Labute approximate surface area is 209 Å². The van der Waals surface area contributed by atoms with Crippen LogP contribution in [0.5, 0.6) is 0 Å². The first-order chi connectivity index (χ1) is 15.9. The van der Waals surface area contributed by atoms with Crippen molar-refractivity contribution >= 4 is 30.5 Å². The molecule has 0 fully saturated rings. The fourth-order valence-corrected chi connectivity index (χ4v) is 3.75. The average molecular weight is 496 g/mol. The van der Waals surface area contributed by atoms with Crippen molar-refractivity contribution in [1.29, 1.82) is 0 Å². The van der Waals surface area contributed by atoms with Gasteiger partial charge in [0.1, 0.15) is 17.7 Å². The molecule has 2 unspecified atom stereocenters. The van der Waals surface area contributed by atoms with Gasteiger partial charge in [0.2, 0.25) is 11.8 Å². The van der Waals surface area contributed by atoms with Crippen molar-refractivity contribution in [1.82, 2.24) is 15.5 Å². The van der Waals surface area contributed by atoms with Crippen LogP contribution in [-0.2, 0) is 14.3 Å². The predicted molar refractivity (Wildman–Crippen MR) is 137 cm³/mol. The van der Waals surface area contributed by atoms with Gasteiger partial charge in [0.15, 0.2) is 0 Å². The van der Waals surface area contributed by atoms with E-state index in [-0.39, 0.29) is 24.8 Å². The number of aliphatic hydroxyl groups is 1. The largest absolute Gasteiger partial charge is 0.444 e. The van der Waals surface area contributed by atoms with E-state index in [4.69, 9.17) is 4.74 Å². The Morgan fingerprint density at radius 3 is 2.41 bits per heavy atom. The highest BCUT2D eigenvalue weighted by Gasteiger charge is 2.36. The second-order valence-corrected chi connectivity index (χ2v) is 9.76. The Kier molecular flexibility index (Phi) is 12.4. The van der Waals surface area contributed by atoms with Crippen LogP contribution >= 0.6 is 12.6 Å². The first kappa shape index (κ1) is 29.8. The second-order valence-electron chi connectivity index (χ2n) is 9.40. The number of aryl methyl sites for hydroxylation is 2. The molecule has 3 amide bonds. The summed E-state index contributed by atoms with van der Waals surface area (Å²) in [4.78, 5) is 40.6. The molecule has 0 spiro atoms. The minimum absolute atomic E-state index is 0.00234. The summed E-state index contributed by atoms with van der Waals surface area (Å²) < 4.78 is 5.28. The van der Waals surface area contributed by atoms with Crippen molar-refractivity contribution in [2.75, 3.05) is 25.4 Å². The third-order valence-electron chi connectivity index (χ3n) is 5.16. The maximum Gasteiger partial charge on any atom is 0.408 e. The quantitative estimate of drug-likeness (QED) is 0.263. The van der Waals surface area contributed by atoms with Gasteiger partial charge < -0.3 is 25.4 Å². The maximum atomic E-state index is 13.6. The van der Waals surface area contributed by atoms with Crippen LogP contribution in [0.3, 0.4) is 0 Å². The molecule has 0 aliphatic rings. The molecule has 192 valence electrons. The topological polar surface area (TPSA) is 108 Å². The number of amides is 3. The number of rotatable bonds is 12. The molecule has 0 aromatic heterocycles. The molecule has 8 nitrogen and oxygen atoms in total. The molecule has 1 aromatic rings. The molecule has 34 heavy (non-hydrogen) atoms. The van der Waals surface area contributed by atoms with Crippen LogP contribution in [0.2, 0.25) is 0 Å². The first-order valence-corrected chi connectivity index (χ1v) is 12.4. The summed E-state index contributed by atoms with van der Waals surface area (Å²) in [5.41, 5.74) is 1.72. The van der Waals surface area contributed by atoms with E-state index >= 15 is 0 Å². The second kappa shape index (κ2) is 14.2. The fourth-order valence-electron chi connectivity index (χ4n) is 3.50. The highest BCUT2D eigenvalue weighted by atomic mass is 32.1. The maximum absolute atomic E-state index is 13.6. The summed E-state index contributed by atoms with van der Waals surface area (Å²) in [6.07, 6.45) is 2.08. The summed E-state index contributed by atoms with van der Waals surface area (Å²) in [5, 5.41) is 15.3. The van der Waals surface area contributed by atoms with Crippen molar-refractivity contribution in [2.45, 2.75) is 78.5 Å². The number of unbranched alkanes of at least 4 members (excludes halogenated alkanes) is 2. The molecule has 0 saturated carbocycles. The lowest BCUT2D eigenvalue weighted by atomic mass is 9.96. The minimum Gasteiger partial charge on any atom is -0.444 e. The zero-order chi connectivity index (χ0) is 25.9. The number of carbonyl (C=O) groups excluding carboxylic acids is 3. The van der Waals surface area contributed by atoms with Gasteiger partial charge in [-0.3, -0.25) is 9.59 Å². The standard InChI is InChI=1S/C25H41N3O5S/c1-7-8-9-12-26-22(30)21(19-15-17(2)10-11-18(19)3)28(13-14-29)23(31)20(16-34)27-24(32)33-25(4,5)6/h10-11,15,20-21,29,34H,7-9,12-14,16H2,1-6H3,(H,26,30)(H,27,32).